The lowest BCUT2D eigenvalue weighted by atomic mass is 9.81. The second-order valence-electron chi connectivity index (χ2n) is 26.5. The number of carboxylic acid groups (broad SMARTS) is 1. The number of nitrogens with zero attached hydrogens (tertiary/aromatic N) is 4. The van der Waals surface area contributed by atoms with E-state index in [0.29, 0.717) is 25.9 Å². The van der Waals surface area contributed by atoms with Crippen LogP contribution >= 0.6 is 0 Å². The van der Waals surface area contributed by atoms with E-state index < -0.39 is 5.97 Å². The number of unbranched alkanes of at least 4 members (excludes halogenated alkanes) is 2. The molecule has 0 atom stereocenters. The molecule has 4 aromatic carbocycles. The van der Waals surface area contributed by atoms with E-state index in [1.165, 1.54) is 56.3 Å². The molecule has 4 aromatic rings. The molecule has 0 aromatic heterocycles. The van der Waals surface area contributed by atoms with Crippen molar-refractivity contribution in [3.8, 4) is 0 Å². The quantitative estimate of drug-likeness (QED) is 0.0313. The van der Waals surface area contributed by atoms with Gasteiger partial charge in [-0.15, -0.1) is 0 Å². The highest BCUT2D eigenvalue weighted by atomic mass is 16.4. The van der Waals surface area contributed by atoms with Crippen molar-refractivity contribution in [2.24, 2.45) is 5.92 Å². The number of rotatable bonds is 24. The van der Waals surface area contributed by atoms with Gasteiger partial charge in [0.2, 0.25) is 23.2 Å². The minimum atomic E-state index is -0.823. The van der Waals surface area contributed by atoms with Gasteiger partial charge < -0.3 is 30.9 Å². The fraction of sp³-hybridized carbons (Fsp3) is 0.434. The van der Waals surface area contributed by atoms with Gasteiger partial charge in [-0.05, 0) is 145 Å². The van der Waals surface area contributed by atoms with Crippen molar-refractivity contribution in [2.75, 3.05) is 43.5 Å². The molecule has 0 radical (unpaired) electrons. The minimum absolute atomic E-state index is 0.0350. The smallest absolute Gasteiger partial charge is 0.305 e. The van der Waals surface area contributed by atoms with Gasteiger partial charge in [0, 0.05) is 108 Å². The van der Waals surface area contributed by atoms with E-state index in [9.17, 15) is 19.5 Å². The monoisotopic (exact) mass is 1170 g/mol. The first-order valence-corrected chi connectivity index (χ1v) is 32.2. The summed E-state index contributed by atoms with van der Waals surface area (Å²) in [6.07, 6.45) is 30.1. The van der Waals surface area contributed by atoms with Crippen molar-refractivity contribution in [3.05, 3.63) is 202 Å². The maximum atomic E-state index is 13.7. The zero-order valence-electron chi connectivity index (χ0n) is 53.9. The summed E-state index contributed by atoms with van der Waals surface area (Å²) in [6.45, 7) is 21.9. The predicted octanol–water partition coefficient (Wildman–Crippen LogP) is 15.0. The summed E-state index contributed by atoms with van der Waals surface area (Å²) in [5.41, 5.74) is 18.0. The van der Waals surface area contributed by atoms with Crippen molar-refractivity contribution in [3.63, 3.8) is 0 Å². The van der Waals surface area contributed by atoms with Crippen molar-refractivity contribution in [1.82, 2.24) is 16.0 Å². The molecule has 87 heavy (non-hydrogen) atoms. The van der Waals surface area contributed by atoms with Crippen molar-refractivity contribution in [1.29, 1.82) is 0 Å². The molecule has 9 rings (SSSR count). The van der Waals surface area contributed by atoms with Crippen LogP contribution in [0.1, 0.15) is 161 Å². The summed E-state index contributed by atoms with van der Waals surface area (Å²) in [4.78, 5) is 43.2. The van der Waals surface area contributed by atoms with Gasteiger partial charge in [0.15, 0.2) is 18.0 Å². The highest BCUT2D eigenvalue weighted by Gasteiger charge is 2.45. The number of hydrogen-bond donors (Lipinski definition) is 4. The average Bonchev–Trinajstić information content (AvgIpc) is 1.69. The Balaban J connectivity index is 0.760. The Morgan fingerprint density at radius 1 is 0.678 bits per heavy atom. The molecule has 2 amide bonds. The van der Waals surface area contributed by atoms with Crippen LogP contribution in [0.5, 0.6) is 0 Å². The van der Waals surface area contributed by atoms with Crippen LogP contribution in [-0.4, -0.2) is 89.3 Å². The molecule has 3 aliphatic heterocycles. The number of fused-ring (bicyclic) bond motifs is 3. The number of likely N-dealkylation sites (N-methyl/N-ethyl adjacent to an activating group) is 1. The highest BCUT2D eigenvalue weighted by Crippen LogP contribution is 2.47. The normalized spacial score (nSPS) is 20.6. The van der Waals surface area contributed by atoms with Gasteiger partial charge in [-0.3, -0.25) is 14.4 Å². The second kappa shape index (κ2) is 27.9. The molecule has 11 heteroatoms. The number of nitrogens with one attached hydrogen (secondary N) is 3. The lowest BCUT2D eigenvalue weighted by molar-refractivity contribution is -0.436. The number of carbonyl (C=O) groups excluding carboxylic acids is 2. The Labute approximate surface area is 519 Å². The fourth-order valence-electron chi connectivity index (χ4n) is 14.2. The third-order valence-electron chi connectivity index (χ3n) is 19.1. The molecule has 4 N–H and O–H groups in total. The fourth-order valence-corrected chi connectivity index (χ4v) is 14.2. The Morgan fingerprint density at radius 2 is 1.30 bits per heavy atom. The van der Waals surface area contributed by atoms with E-state index in [-0.39, 0.29) is 52.5 Å². The second-order valence-corrected chi connectivity index (χ2v) is 26.5. The third kappa shape index (κ3) is 14.5. The summed E-state index contributed by atoms with van der Waals surface area (Å²) >= 11 is 0. The van der Waals surface area contributed by atoms with Gasteiger partial charge in [-0.25, -0.2) is 0 Å². The van der Waals surface area contributed by atoms with Crippen LogP contribution in [0.2, 0.25) is 0 Å². The van der Waals surface area contributed by atoms with Crippen LogP contribution in [0, 0.1) is 12.8 Å². The molecule has 1 saturated carbocycles. The van der Waals surface area contributed by atoms with Gasteiger partial charge in [0.05, 0.1) is 23.7 Å². The molecule has 2 aliphatic carbocycles. The van der Waals surface area contributed by atoms with Crippen LogP contribution in [0.15, 0.2) is 180 Å². The van der Waals surface area contributed by atoms with Crippen molar-refractivity contribution >= 4 is 52.0 Å². The molecule has 0 spiro atoms. The first kappa shape index (κ1) is 63.7. The summed E-state index contributed by atoms with van der Waals surface area (Å²) in [6, 6.07) is 34.3. The number of para-hydroxylation sites is 4. The lowest BCUT2D eigenvalue weighted by Crippen LogP contribution is -2.44. The maximum absolute atomic E-state index is 13.7. The topological polar surface area (TPSA) is 120 Å². The van der Waals surface area contributed by atoms with Crippen LogP contribution in [-0.2, 0) is 30.6 Å². The van der Waals surface area contributed by atoms with Crippen LogP contribution < -0.4 is 25.8 Å². The molecular formula is C76H97N7O4+2. The van der Waals surface area contributed by atoms with Crippen LogP contribution in [0.3, 0.4) is 0 Å². The SMILES string of the molecule is Cc1ccccc1N(CCC(=O)O)/C(=C/C=C/C=C/C1=[N+](CCC(=O)NC2CCC(NC(=O)CCCCCNC3=C(/C=C/C4=[N+](C)c5ccccc5C4(C)C)CCC/C3=C\C=C3\N(C)c4ccccc4C3(C)C)CC2)c2ccccc2C1(C)C)C(C)C. The molecule has 1 fully saturated rings. The van der Waals surface area contributed by atoms with Crippen LogP contribution in [0.4, 0.5) is 22.7 Å². The molecule has 5 aliphatic rings. The summed E-state index contributed by atoms with van der Waals surface area (Å²) in [5, 5.41) is 20.2. The maximum Gasteiger partial charge on any atom is 0.305 e. The van der Waals surface area contributed by atoms with E-state index in [0.717, 1.165) is 99.1 Å². The van der Waals surface area contributed by atoms with Crippen molar-refractivity contribution in [2.45, 2.75) is 174 Å². The van der Waals surface area contributed by atoms with E-state index in [1.807, 2.05) is 24.3 Å². The van der Waals surface area contributed by atoms with Gasteiger partial charge in [0.25, 0.3) is 0 Å². The number of carbonyl (C=O) groups is 3. The molecule has 3 heterocycles. The standard InChI is InChI=1S/C76H95N7O4/c1-53(2)62(82(52-49-72(86)87)63-34-21-17-27-54(63)3)33-14-12-15-38-69-76(8,9)61-32-20-24-37-66(61)83(69)51-48-71(85)79-58-44-42-57(43-45-58)78-70(84)39-16-13-25-50-77-73-55(40-46-67-74(4,5)59-30-18-22-35-64(59)80(67)10)28-26-29-56(73)41-47-68-75(6,7)60-31-19-23-36-65(60)81(68)11/h12,14-15,17-24,27,30-38,40-41,46-47,53,57-58H,13,16,25-26,28-29,39,42-45,48-52H2,1-11H3,(H2-,78,79,84,85,86,87)/p+2/b55-40+,67-46+. The lowest BCUT2D eigenvalue weighted by Gasteiger charge is -2.31. The Kier molecular flexibility index (Phi) is 20.4. The molecule has 0 unspecified atom stereocenters. The number of benzene rings is 4. The predicted molar refractivity (Wildman–Crippen MR) is 359 cm³/mol. The highest BCUT2D eigenvalue weighted by molar-refractivity contribution is 6.04. The Morgan fingerprint density at radius 3 is 1.97 bits per heavy atom. The van der Waals surface area contributed by atoms with Gasteiger partial charge in [0.1, 0.15) is 7.05 Å². The van der Waals surface area contributed by atoms with E-state index >= 15 is 0 Å². The van der Waals surface area contributed by atoms with Crippen LogP contribution in [0.25, 0.3) is 0 Å². The number of aliphatic carboxylic acids is 1. The molecule has 458 valence electrons. The summed E-state index contributed by atoms with van der Waals surface area (Å²) in [5.74, 6) is -0.493. The first-order chi connectivity index (χ1) is 41.7. The number of hydrogen-bond acceptors (Lipinski definition) is 6. The van der Waals surface area contributed by atoms with E-state index in [1.54, 1.807) is 0 Å². The van der Waals surface area contributed by atoms with Gasteiger partial charge in [-0.1, -0.05) is 137 Å². The summed E-state index contributed by atoms with van der Waals surface area (Å²) < 4.78 is 4.65. The van der Waals surface area contributed by atoms with E-state index in [2.05, 4.69) is 239 Å². The minimum Gasteiger partial charge on any atom is -0.481 e. The zero-order chi connectivity index (χ0) is 62.0. The average molecular weight is 1170 g/mol. The van der Waals surface area contributed by atoms with Gasteiger partial charge >= 0.3 is 5.97 Å². The molecule has 0 saturated heterocycles. The Hall–Kier alpha value is -7.79. The Bertz CT molecular complexity index is 3500. The van der Waals surface area contributed by atoms with Gasteiger partial charge in [-0.2, -0.15) is 9.15 Å². The largest absolute Gasteiger partial charge is 0.481 e. The number of aryl methyl sites for hydroxylation is 1. The number of carboxylic acids is 1. The summed E-state index contributed by atoms with van der Waals surface area (Å²) in [7, 11) is 4.38. The van der Waals surface area contributed by atoms with Crippen molar-refractivity contribution < 1.29 is 28.6 Å². The van der Waals surface area contributed by atoms with E-state index in [4.69, 9.17) is 0 Å². The molecule has 0 bridgehead atoms. The third-order valence-corrected chi connectivity index (χ3v) is 19.1. The zero-order valence-corrected chi connectivity index (χ0v) is 53.9. The number of amides is 2. The number of anilines is 2. The molecule has 11 nitrogen and oxygen atoms in total. The molecular weight excluding hydrogens is 1070 g/mol. The number of allylic oxidation sites excluding steroid dienone is 13. The first-order valence-electron chi connectivity index (χ1n) is 32.2.